The number of likely N-dealkylation sites (tertiary alicyclic amines) is 1. The van der Waals surface area contributed by atoms with Gasteiger partial charge >= 0.3 is 0 Å². The molecule has 0 aliphatic carbocycles. The molecule has 17 heavy (non-hydrogen) atoms. The molecular weight excluding hydrogens is 210 g/mol. The summed E-state index contributed by atoms with van der Waals surface area (Å²) in [4.78, 5) is 2.38. The second kappa shape index (κ2) is 6.77. The SMILES string of the molecule is CN1CCC(OCCCc2ccccc2)CC1. The molecule has 0 N–H and O–H groups in total. The van der Waals surface area contributed by atoms with Crippen molar-refractivity contribution in [2.75, 3.05) is 26.7 Å². The summed E-state index contributed by atoms with van der Waals surface area (Å²) in [6.07, 6.45) is 5.16. The molecule has 2 heteroatoms. The number of nitrogens with zero attached hydrogens (tertiary/aromatic N) is 1. The second-order valence-corrected chi connectivity index (χ2v) is 4.96. The van der Waals surface area contributed by atoms with Gasteiger partial charge in [-0.05, 0) is 38.3 Å². The predicted molar refractivity (Wildman–Crippen MR) is 71.2 cm³/mol. The topological polar surface area (TPSA) is 12.5 Å². The van der Waals surface area contributed by atoms with Gasteiger partial charge in [0.05, 0.1) is 6.10 Å². The molecule has 1 saturated heterocycles. The van der Waals surface area contributed by atoms with Crippen molar-refractivity contribution in [3.63, 3.8) is 0 Å². The van der Waals surface area contributed by atoms with Gasteiger partial charge in [0.25, 0.3) is 0 Å². The van der Waals surface area contributed by atoms with Gasteiger partial charge in [-0.15, -0.1) is 0 Å². The quantitative estimate of drug-likeness (QED) is 0.725. The van der Waals surface area contributed by atoms with Gasteiger partial charge in [-0.1, -0.05) is 30.3 Å². The van der Waals surface area contributed by atoms with Gasteiger partial charge < -0.3 is 9.64 Å². The van der Waals surface area contributed by atoms with E-state index in [9.17, 15) is 0 Å². The summed E-state index contributed by atoms with van der Waals surface area (Å²) in [5, 5.41) is 0. The fourth-order valence-electron chi connectivity index (χ4n) is 2.32. The van der Waals surface area contributed by atoms with E-state index >= 15 is 0 Å². The van der Waals surface area contributed by atoms with E-state index in [0.717, 1.165) is 19.4 Å². The van der Waals surface area contributed by atoms with Gasteiger partial charge in [-0.2, -0.15) is 0 Å². The molecule has 2 rings (SSSR count). The van der Waals surface area contributed by atoms with Crippen LogP contribution in [0.2, 0.25) is 0 Å². The molecule has 0 atom stereocenters. The maximum absolute atomic E-state index is 5.93. The van der Waals surface area contributed by atoms with E-state index < -0.39 is 0 Å². The molecular formula is C15H23NO. The van der Waals surface area contributed by atoms with E-state index in [2.05, 4.69) is 42.3 Å². The Balaban J connectivity index is 1.57. The standard InChI is InChI=1S/C15H23NO/c1-16-11-9-15(10-12-16)17-13-5-8-14-6-3-2-4-7-14/h2-4,6-7,15H,5,8-13H2,1H3. The van der Waals surface area contributed by atoms with Gasteiger partial charge in [0, 0.05) is 19.7 Å². The molecule has 0 unspecified atom stereocenters. The van der Waals surface area contributed by atoms with Crippen LogP contribution in [0, 0.1) is 0 Å². The van der Waals surface area contributed by atoms with Gasteiger partial charge in [-0.25, -0.2) is 0 Å². The summed E-state index contributed by atoms with van der Waals surface area (Å²) in [5.41, 5.74) is 1.42. The van der Waals surface area contributed by atoms with Crippen LogP contribution in [0.4, 0.5) is 0 Å². The third-order valence-electron chi connectivity index (χ3n) is 3.47. The summed E-state index contributed by atoms with van der Waals surface area (Å²) in [6.45, 7) is 3.27. The molecule has 0 saturated carbocycles. The molecule has 0 spiro atoms. The number of piperidine rings is 1. The van der Waals surface area contributed by atoms with Crippen molar-refractivity contribution in [1.82, 2.24) is 4.90 Å². The molecule has 94 valence electrons. The third-order valence-corrected chi connectivity index (χ3v) is 3.47. The van der Waals surface area contributed by atoms with Crippen LogP contribution < -0.4 is 0 Å². The number of hydrogen-bond donors (Lipinski definition) is 0. The summed E-state index contributed by atoms with van der Waals surface area (Å²) in [5.74, 6) is 0. The van der Waals surface area contributed by atoms with Crippen molar-refractivity contribution in [1.29, 1.82) is 0 Å². The predicted octanol–water partition coefficient (Wildman–Crippen LogP) is 2.73. The summed E-state index contributed by atoms with van der Waals surface area (Å²) >= 11 is 0. The molecule has 0 radical (unpaired) electrons. The first kappa shape index (κ1) is 12.6. The third kappa shape index (κ3) is 4.49. The van der Waals surface area contributed by atoms with E-state index in [-0.39, 0.29) is 0 Å². The number of rotatable bonds is 5. The first-order chi connectivity index (χ1) is 8.34. The van der Waals surface area contributed by atoms with Crippen molar-refractivity contribution in [2.24, 2.45) is 0 Å². The van der Waals surface area contributed by atoms with Crippen molar-refractivity contribution in [3.05, 3.63) is 35.9 Å². The van der Waals surface area contributed by atoms with Crippen LogP contribution in [-0.4, -0.2) is 37.7 Å². The van der Waals surface area contributed by atoms with Crippen molar-refractivity contribution in [3.8, 4) is 0 Å². The Kier molecular flexibility index (Phi) is 5.02. The first-order valence-electron chi connectivity index (χ1n) is 6.68. The number of hydrogen-bond acceptors (Lipinski definition) is 2. The van der Waals surface area contributed by atoms with Gasteiger partial charge in [0.1, 0.15) is 0 Å². The molecule has 1 aliphatic heterocycles. The fraction of sp³-hybridized carbons (Fsp3) is 0.600. The van der Waals surface area contributed by atoms with Crippen LogP contribution in [0.25, 0.3) is 0 Å². The van der Waals surface area contributed by atoms with Crippen LogP contribution in [-0.2, 0) is 11.2 Å². The van der Waals surface area contributed by atoms with Crippen molar-refractivity contribution in [2.45, 2.75) is 31.8 Å². The molecule has 1 fully saturated rings. The van der Waals surface area contributed by atoms with E-state index in [0.29, 0.717) is 6.10 Å². The molecule has 1 aliphatic rings. The Bertz CT molecular complexity index is 304. The molecule has 0 amide bonds. The number of benzene rings is 1. The Morgan fingerprint density at radius 2 is 1.88 bits per heavy atom. The van der Waals surface area contributed by atoms with Crippen LogP contribution in [0.3, 0.4) is 0 Å². The van der Waals surface area contributed by atoms with Crippen LogP contribution in [0.15, 0.2) is 30.3 Å². The highest BCUT2D eigenvalue weighted by Crippen LogP contribution is 2.12. The number of ether oxygens (including phenoxy) is 1. The monoisotopic (exact) mass is 233 g/mol. The Morgan fingerprint density at radius 3 is 2.59 bits per heavy atom. The highest BCUT2D eigenvalue weighted by molar-refractivity contribution is 5.14. The molecule has 0 bridgehead atoms. The summed E-state index contributed by atoms with van der Waals surface area (Å²) in [6, 6.07) is 10.7. The lowest BCUT2D eigenvalue weighted by Crippen LogP contribution is -2.34. The number of aryl methyl sites for hydroxylation is 1. The lowest BCUT2D eigenvalue weighted by Gasteiger charge is -2.28. The molecule has 1 aromatic rings. The fourth-order valence-corrected chi connectivity index (χ4v) is 2.32. The minimum atomic E-state index is 0.502. The highest BCUT2D eigenvalue weighted by atomic mass is 16.5. The zero-order valence-corrected chi connectivity index (χ0v) is 10.8. The van der Waals surface area contributed by atoms with Gasteiger partial charge in [0.2, 0.25) is 0 Å². The zero-order chi connectivity index (χ0) is 11.9. The highest BCUT2D eigenvalue weighted by Gasteiger charge is 2.16. The van der Waals surface area contributed by atoms with Crippen LogP contribution in [0.5, 0.6) is 0 Å². The first-order valence-corrected chi connectivity index (χ1v) is 6.68. The smallest absolute Gasteiger partial charge is 0.0599 e. The largest absolute Gasteiger partial charge is 0.378 e. The molecule has 1 aromatic carbocycles. The Morgan fingerprint density at radius 1 is 1.18 bits per heavy atom. The van der Waals surface area contributed by atoms with E-state index in [1.54, 1.807) is 0 Å². The average molecular weight is 233 g/mol. The minimum absolute atomic E-state index is 0.502. The second-order valence-electron chi connectivity index (χ2n) is 4.96. The molecule has 1 heterocycles. The van der Waals surface area contributed by atoms with Crippen molar-refractivity contribution < 1.29 is 4.74 Å². The summed E-state index contributed by atoms with van der Waals surface area (Å²) < 4.78 is 5.93. The maximum Gasteiger partial charge on any atom is 0.0599 e. The lowest BCUT2D eigenvalue weighted by molar-refractivity contribution is 0.0116. The van der Waals surface area contributed by atoms with E-state index in [1.165, 1.54) is 31.5 Å². The maximum atomic E-state index is 5.93. The van der Waals surface area contributed by atoms with Gasteiger partial charge in [0.15, 0.2) is 0 Å². The van der Waals surface area contributed by atoms with Crippen LogP contribution >= 0.6 is 0 Å². The van der Waals surface area contributed by atoms with E-state index in [4.69, 9.17) is 4.74 Å². The van der Waals surface area contributed by atoms with E-state index in [1.807, 2.05) is 0 Å². The minimum Gasteiger partial charge on any atom is -0.378 e. The van der Waals surface area contributed by atoms with Crippen molar-refractivity contribution >= 4 is 0 Å². The van der Waals surface area contributed by atoms with Gasteiger partial charge in [-0.3, -0.25) is 0 Å². The van der Waals surface area contributed by atoms with Crippen LogP contribution in [0.1, 0.15) is 24.8 Å². The summed E-state index contributed by atoms with van der Waals surface area (Å²) in [7, 11) is 2.19. The Labute approximate surface area is 105 Å². The molecule has 2 nitrogen and oxygen atoms in total. The lowest BCUT2D eigenvalue weighted by atomic mass is 10.1. The average Bonchev–Trinajstić information content (AvgIpc) is 2.38. The molecule has 0 aromatic heterocycles. The Hall–Kier alpha value is -0.860. The zero-order valence-electron chi connectivity index (χ0n) is 10.8. The normalized spacial score (nSPS) is 18.4.